The summed E-state index contributed by atoms with van der Waals surface area (Å²) < 4.78 is 13.0. The number of nitrogen functional groups attached to an aromatic ring is 1. The van der Waals surface area contributed by atoms with E-state index in [1.807, 2.05) is 42.9 Å². The summed E-state index contributed by atoms with van der Waals surface area (Å²) >= 11 is 0. The van der Waals surface area contributed by atoms with Crippen molar-refractivity contribution in [1.29, 1.82) is 0 Å². The topological polar surface area (TPSA) is 126 Å². The lowest BCUT2D eigenvalue weighted by atomic mass is 9.89. The van der Waals surface area contributed by atoms with Crippen LogP contribution in [-0.4, -0.2) is 56.6 Å². The Labute approximate surface area is 191 Å². The van der Waals surface area contributed by atoms with Crippen molar-refractivity contribution in [2.24, 2.45) is 12.5 Å². The molecule has 10 nitrogen and oxygen atoms in total. The Morgan fingerprint density at radius 2 is 2.09 bits per heavy atom. The second-order valence-corrected chi connectivity index (χ2v) is 8.78. The standard InChI is InChI=1S/C23H26N8O2/c1-13-8-25-20(26-9-23(2)10-33-11-23)19-17(13)18(28-22(24)29-19)15-6-5-14(7-16(15)32-4)21-30-27-12-31(21)3/h5-8,12H,9-11H2,1-4H3,(H,25,26)(H2,24,28,29). The fourth-order valence-corrected chi connectivity index (χ4v) is 4.05. The van der Waals surface area contributed by atoms with Gasteiger partial charge in [0.05, 0.1) is 26.0 Å². The maximum absolute atomic E-state index is 6.16. The summed E-state index contributed by atoms with van der Waals surface area (Å²) in [7, 11) is 3.53. The molecule has 5 rings (SSSR count). The van der Waals surface area contributed by atoms with Crippen molar-refractivity contribution >= 4 is 22.7 Å². The van der Waals surface area contributed by atoms with Gasteiger partial charge in [0, 0.05) is 41.7 Å². The van der Waals surface area contributed by atoms with Crippen molar-refractivity contribution in [3.63, 3.8) is 0 Å². The van der Waals surface area contributed by atoms with E-state index in [2.05, 4.69) is 37.4 Å². The van der Waals surface area contributed by atoms with Crippen molar-refractivity contribution < 1.29 is 9.47 Å². The Hall–Kier alpha value is -3.79. The smallest absolute Gasteiger partial charge is 0.221 e. The number of fused-ring (bicyclic) bond motifs is 1. The first-order valence-electron chi connectivity index (χ1n) is 10.7. The molecule has 1 aromatic carbocycles. The van der Waals surface area contributed by atoms with Crippen LogP contribution in [-0.2, 0) is 11.8 Å². The zero-order valence-electron chi connectivity index (χ0n) is 19.1. The maximum atomic E-state index is 6.16. The Morgan fingerprint density at radius 1 is 1.27 bits per heavy atom. The van der Waals surface area contributed by atoms with Crippen LogP contribution < -0.4 is 15.8 Å². The minimum atomic E-state index is 0.0825. The van der Waals surface area contributed by atoms with Gasteiger partial charge in [-0.3, -0.25) is 0 Å². The molecule has 1 saturated heterocycles. The first kappa shape index (κ1) is 21.1. The molecule has 1 aliphatic rings. The molecule has 0 saturated carbocycles. The second kappa shape index (κ2) is 7.96. The Kier molecular flexibility index (Phi) is 5.09. The predicted molar refractivity (Wildman–Crippen MR) is 126 cm³/mol. The molecule has 4 aromatic rings. The van der Waals surface area contributed by atoms with Crippen molar-refractivity contribution in [2.45, 2.75) is 13.8 Å². The number of rotatable bonds is 6. The number of nitrogens with zero attached hydrogens (tertiary/aromatic N) is 6. The predicted octanol–water partition coefficient (Wildman–Crippen LogP) is 2.83. The third-order valence-corrected chi connectivity index (χ3v) is 5.94. The normalized spacial score (nSPS) is 14.8. The molecule has 3 aromatic heterocycles. The molecule has 0 atom stereocenters. The van der Waals surface area contributed by atoms with Crippen LogP contribution in [0, 0.1) is 12.3 Å². The van der Waals surface area contributed by atoms with Gasteiger partial charge in [-0.25, -0.2) is 15.0 Å². The van der Waals surface area contributed by atoms with Gasteiger partial charge in [0.25, 0.3) is 0 Å². The van der Waals surface area contributed by atoms with Gasteiger partial charge in [0.1, 0.15) is 17.6 Å². The van der Waals surface area contributed by atoms with E-state index >= 15 is 0 Å². The number of anilines is 2. The van der Waals surface area contributed by atoms with E-state index in [9.17, 15) is 0 Å². The van der Waals surface area contributed by atoms with Gasteiger partial charge in [0.2, 0.25) is 5.95 Å². The number of nitrogens with one attached hydrogen (secondary N) is 1. The van der Waals surface area contributed by atoms with Crippen molar-refractivity contribution in [3.8, 4) is 28.4 Å². The average molecular weight is 447 g/mol. The molecular formula is C23H26N8O2. The van der Waals surface area contributed by atoms with Crippen LogP contribution in [0.15, 0.2) is 30.7 Å². The molecule has 0 unspecified atom stereocenters. The van der Waals surface area contributed by atoms with Gasteiger partial charge in [-0.1, -0.05) is 13.0 Å². The van der Waals surface area contributed by atoms with Crippen molar-refractivity contribution in [2.75, 3.05) is 37.9 Å². The van der Waals surface area contributed by atoms with E-state index in [0.29, 0.717) is 22.8 Å². The summed E-state index contributed by atoms with van der Waals surface area (Å²) in [6.07, 6.45) is 3.49. The van der Waals surface area contributed by atoms with Crippen molar-refractivity contribution in [3.05, 3.63) is 36.3 Å². The summed E-state index contributed by atoms with van der Waals surface area (Å²) in [4.78, 5) is 13.7. The minimum absolute atomic E-state index is 0.0825. The van der Waals surface area contributed by atoms with Gasteiger partial charge in [-0.2, -0.15) is 0 Å². The van der Waals surface area contributed by atoms with Crippen LogP contribution in [0.3, 0.4) is 0 Å². The van der Waals surface area contributed by atoms with Crippen LogP contribution in [0.25, 0.3) is 33.5 Å². The van der Waals surface area contributed by atoms with E-state index in [4.69, 9.17) is 15.2 Å². The molecule has 4 heterocycles. The van der Waals surface area contributed by atoms with Gasteiger partial charge in [0.15, 0.2) is 11.6 Å². The largest absolute Gasteiger partial charge is 0.496 e. The molecule has 0 amide bonds. The van der Waals surface area contributed by atoms with Crippen LogP contribution >= 0.6 is 0 Å². The highest BCUT2D eigenvalue weighted by atomic mass is 16.5. The molecule has 0 spiro atoms. The van der Waals surface area contributed by atoms with E-state index in [-0.39, 0.29) is 11.4 Å². The molecule has 1 fully saturated rings. The molecule has 1 aliphatic heterocycles. The van der Waals surface area contributed by atoms with E-state index < -0.39 is 0 Å². The highest BCUT2D eigenvalue weighted by Crippen LogP contribution is 2.39. The number of aromatic nitrogens is 6. The average Bonchev–Trinajstić information content (AvgIpc) is 3.22. The first-order chi connectivity index (χ1) is 15.9. The molecule has 10 heteroatoms. The zero-order chi connectivity index (χ0) is 23.2. The van der Waals surface area contributed by atoms with E-state index in [1.54, 1.807) is 13.4 Å². The third-order valence-electron chi connectivity index (χ3n) is 5.94. The molecule has 0 radical (unpaired) electrons. The fourth-order valence-electron chi connectivity index (χ4n) is 4.05. The number of methoxy groups -OCH3 is 1. The number of aryl methyl sites for hydroxylation is 2. The summed E-state index contributed by atoms with van der Waals surface area (Å²) in [5, 5.41) is 12.5. The Balaban J connectivity index is 1.63. The highest BCUT2D eigenvalue weighted by molar-refractivity contribution is 6.01. The molecule has 3 N–H and O–H groups in total. The van der Waals surface area contributed by atoms with Gasteiger partial charge in [-0.05, 0) is 24.6 Å². The number of benzene rings is 1. The minimum Gasteiger partial charge on any atom is -0.496 e. The molecule has 0 aliphatic carbocycles. The summed E-state index contributed by atoms with van der Waals surface area (Å²) in [5.41, 5.74) is 10.3. The highest BCUT2D eigenvalue weighted by Gasteiger charge is 2.33. The quantitative estimate of drug-likeness (QED) is 0.460. The first-order valence-corrected chi connectivity index (χ1v) is 10.7. The number of hydrogen-bond acceptors (Lipinski definition) is 9. The lowest BCUT2D eigenvalue weighted by molar-refractivity contribution is -0.0924. The molecule has 0 bridgehead atoms. The number of ether oxygens (including phenoxy) is 2. The molecular weight excluding hydrogens is 420 g/mol. The monoisotopic (exact) mass is 446 g/mol. The molecule has 170 valence electrons. The van der Waals surface area contributed by atoms with Gasteiger partial charge >= 0.3 is 0 Å². The lowest BCUT2D eigenvalue weighted by Crippen LogP contribution is -2.45. The van der Waals surface area contributed by atoms with E-state index in [0.717, 1.165) is 47.7 Å². The van der Waals surface area contributed by atoms with Crippen LogP contribution in [0.4, 0.5) is 11.8 Å². The summed E-state index contributed by atoms with van der Waals surface area (Å²) in [6.45, 7) is 6.34. The molecule has 33 heavy (non-hydrogen) atoms. The van der Waals surface area contributed by atoms with E-state index in [1.165, 1.54) is 0 Å². The van der Waals surface area contributed by atoms with Crippen LogP contribution in [0.1, 0.15) is 12.5 Å². The number of hydrogen-bond donors (Lipinski definition) is 2. The van der Waals surface area contributed by atoms with Crippen LogP contribution in [0.5, 0.6) is 5.75 Å². The van der Waals surface area contributed by atoms with Gasteiger partial charge in [-0.15, -0.1) is 10.2 Å². The maximum Gasteiger partial charge on any atom is 0.221 e. The lowest BCUT2D eigenvalue weighted by Gasteiger charge is -2.38. The number of nitrogens with two attached hydrogens (primary N) is 1. The zero-order valence-corrected chi connectivity index (χ0v) is 19.1. The van der Waals surface area contributed by atoms with Crippen LogP contribution in [0.2, 0.25) is 0 Å². The van der Waals surface area contributed by atoms with Gasteiger partial charge < -0.3 is 25.1 Å². The third kappa shape index (κ3) is 3.72. The number of pyridine rings is 1. The second-order valence-electron chi connectivity index (χ2n) is 8.78. The Morgan fingerprint density at radius 3 is 2.76 bits per heavy atom. The summed E-state index contributed by atoms with van der Waals surface area (Å²) in [6, 6.07) is 5.86. The fraction of sp³-hybridized carbons (Fsp3) is 0.348. The summed E-state index contributed by atoms with van der Waals surface area (Å²) in [5.74, 6) is 2.24. The Bertz CT molecular complexity index is 1350. The van der Waals surface area contributed by atoms with Crippen molar-refractivity contribution in [1.82, 2.24) is 29.7 Å². The SMILES string of the molecule is COc1cc(-c2nncn2C)ccc1-c1nc(N)nc2c(NCC3(C)COC3)ncc(C)c12.